The molecule has 0 unspecified atom stereocenters. The lowest BCUT2D eigenvalue weighted by molar-refractivity contribution is 0.0899. The molecule has 0 fully saturated rings. The van der Waals surface area contributed by atoms with Crippen LogP contribution in [0.2, 0.25) is 0 Å². The average Bonchev–Trinajstić information content (AvgIpc) is 2.50. The molecule has 0 aliphatic heterocycles. The molecule has 0 spiro atoms. The smallest absolute Gasteiger partial charge is 0.450 e. The van der Waals surface area contributed by atoms with Crippen LogP contribution in [0.1, 0.15) is 96.8 Å². The highest BCUT2D eigenvalue weighted by molar-refractivity contribution is 5.56. The minimum absolute atomic E-state index is 0.344. The number of ether oxygens (including phenoxy) is 1. The van der Waals surface area contributed by atoms with Crippen LogP contribution in [-0.4, -0.2) is 17.9 Å². The van der Waals surface area contributed by atoms with E-state index in [1.807, 2.05) is 0 Å². The fraction of sp³-hybridized carbons (Fsp3) is 0.842. The quantitative estimate of drug-likeness (QED) is 0.195. The molecular weight excluding hydrogens is 276 g/mol. The summed E-state index contributed by atoms with van der Waals surface area (Å²) in [5.41, 5.74) is 0. The Kier molecular flexibility index (Phi) is 17.2. The molecule has 0 aromatic rings. The third-order valence-electron chi connectivity index (χ3n) is 3.88. The average molecular weight is 312 g/mol. The third-order valence-corrected chi connectivity index (χ3v) is 3.88. The number of carboxylic acid groups (broad SMARTS) is 1. The molecule has 0 rings (SSSR count). The Morgan fingerprint density at radius 3 is 1.73 bits per heavy atom. The Labute approximate surface area is 137 Å². The Hall–Kier alpha value is -0.990. The predicted octanol–water partition coefficient (Wildman–Crippen LogP) is 6.72. The van der Waals surface area contributed by atoms with Gasteiger partial charge in [0.15, 0.2) is 0 Å². The number of rotatable bonds is 16. The first-order valence-corrected chi connectivity index (χ1v) is 9.28. The topological polar surface area (TPSA) is 46.5 Å². The van der Waals surface area contributed by atoms with E-state index in [9.17, 15) is 4.79 Å². The van der Waals surface area contributed by atoms with Crippen molar-refractivity contribution in [2.45, 2.75) is 96.8 Å². The molecule has 22 heavy (non-hydrogen) atoms. The van der Waals surface area contributed by atoms with Gasteiger partial charge in [0.25, 0.3) is 0 Å². The molecule has 130 valence electrons. The van der Waals surface area contributed by atoms with Crippen molar-refractivity contribution in [1.29, 1.82) is 0 Å². The van der Waals surface area contributed by atoms with Crippen molar-refractivity contribution in [3.05, 3.63) is 12.2 Å². The van der Waals surface area contributed by atoms with Crippen molar-refractivity contribution >= 4 is 6.16 Å². The van der Waals surface area contributed by atoms with Gasteiger partial charge in [-0.1, -0.05) is 76.9 Å². The predicted molar refractivity (Wildman–Crippen MR) is 93.4 cm³/mol. The van der Waals surface area contributed by atoms with Crippen LogP contribution in [-0.2, 0) is 4.74 Å². The summed E-state index contributed by atoms with van der Waals surface area (Å²) in [5.74, 6) is 0. The van der Waals surface area contributed by atoms with Crippen molar-refractivity contribution in [3.8, 4) is 0 Å². The van der Waals surface area contributed by atoms with Crippen molar-refractivity contribution in [3.63, 3.8) is 0 Å². The summed E-state index contributed by atoms with van der Waals surface area (Å²) in [7, 11) is 0. The summed E-state index contributed by atoms with van der Waals surface area (Å²) in [6.45, 7) is 2.60. The van der Waals surface area contributed by atoms with Gasteiger partial charge in [-0.05, 0) is 32.1 Å². The van der Waals surface area contributed by atoms with Gasteiger partial charge in [0.2, 0.25) is 0 Å². The lowest BCUT2D eigenvalue weighted by Crippen LogP contribution is -2.01. The molecule has 0 heterocycles. The second-order valence-corrected chi connectivity index (χ2v) is 6.05. The molecule has 3 heteroatoms. The number of hydrogen-bond acceptors (Lipinski definition) is 2. The third kappa shape index (κ3) is 19.0. The summed E-state index contributed by atoms with van der Waals surface area (Å²) in [6.07, 6.45) is 21.2. The maximum Gasteiger partial charge on any atom is 0.505 e. The van der Waals surface area contributed by atoms with E-state index in [-0.39, 0.29) is 0 Å². The van der Waals surface area contributed by atoms with Gasteiger partial charge in [-0.15, -0.1) is 0 Å². The molecule has 0 aliphatic rings. The number of hydrogen-bond donors (Lipinski definition) is 1. The molecule has 3 nitrogen and oxygen atoms in total. The van der Waals surface area contributed by atoms with Crippen LogP contribution in [0.15, 0.2) is 12.2 Å². The van der Waals surface area contributed by atoms with Gasteiger partial charge in [0, 0.05) is 0 Å². The van der Waals surface area contributed by atoms with Crippen LogP contribution in [0, 0.1) is 0 Å². The van der Waals surface area contributed by atoms with Gasteiger partial charge in [-0.3, -0.25) is 0 Å². The molecule has 1 N–H and O–H groups in total. The van der Waals surface area contributed by atoms with Crippen LogP contribution in [0.4, 0.5) is 4.79 Å². The molecule has 0 saturated carbocycles. The Morgan fingerprint density at radius 2 is 1.23 bits per heavy atom. The minimum Gasteiger partial charge on any atom is -0.450 e. The molecule has 0 amide bonds. The van der Waals surface area contributed by atoms with E-state index in [4.69, 9.17) is 5.11 Å². The summed E-state index contributed by atoms with van der Waals surface area (Å²) in [6, 6.07) is 0. The summed E-state index contributed by atoms with van der Waals surface area (Å²) in [4.78, 5) is 10.1. The highest BCUT2D eigenvalue weighted by Crippen LogP contribution is 2.09. The van der Waals surface area contributed by atoms with Crippen molar-refractivity contribution in [1.82, 2.24) is 0 Å². The van der Waals surface area contributed by atoms with Crippen molar-refractivity contribution < 1.29 is 14.6 Å². The SMILES string of the molecule is CCCCCCCCC=CCCCCCCCCOC(=O)O. The Balaban J connectivity index is 3.06. The Morgan fingerprint density at radius 1 is 0.773 bits per heavy atom. The lowest BCUT2D eigenvalue weighted by atomic mass is 10.1. The fourth-order valence-electron chi connectivity index (χ4n) is 2.51. The normalized spacial score (nSPS) is 11.1. The van der Waals surface area contributed by atoms with Gasteiger partial charge in [0.05, 0.1) is 6.61 Å². The van der Waals surface area contributed by atoms with E-state index >= 15 is 0 Å². The summed E-state index contributed by atoms with van der Waals surface area (Å²) < 4.78 is 4.47. The van der Waals surface area contributed by atoms with E-state index in [1.54, 1.807) is 0 Å². The highest BCUT2D eigenvalue weighted by atomic mass is 16.7. The maximum absolute atomic E-state index is 10.1. The molecule has 0 saturated heterocycles. The Bertz CT molecular complexity index is 261. The highest BCUT2D eigenvalue weighted by Gasteiger charge is 1.95. The van der Waals surface area contributed by atoms with E-state index < -0.39 is 6.16 Å². The summed E-state index contributed by atoms with van der Waals surface area (Å²) in [5, 5.41) is 8.31. The van der Waals surface area contributed by atoms with Crippen molar-refractivity contribution in [2.75, 3.05) is 6.61 Å². The first-order chi connectivity index (χ1) is 10.8. The number of allylic oxidation sites excluding steroid dienone is 2. The minimum atomic E-state index is -1.16. The molecule has 0 aliphatic carbocycles. The fourth-order valence-corrected chi connectivity index (χ4v) is 2.51. The van der Waals surface area contributed by atoms with E-state index in [2.05, 4.69) is 23.8 Å². The standard InChI is InChI=1S/C19H36O3/c1-2-3-4-5-6-7-8-9-10-11-12-13-14-15-16-17-18-22-19(20)21/h9-10H,2-8,11-18H2,1H3,(H,20,21). The van der Waals surface area contributed by atoms with E-state index in [0.717, 1.165) is 12.8 Å². The van der Waals surface area contributed by atoms with Crippen LogP contribution in [0.3, 0.4) is 0 Å². The zero-order valence-corrected chi connectivity index (χ0v) is 14.5. The second-order valence-electron chi connectivity index (χ2n) is 6.05. The van der Waals surface area contributed by atoms with Crippen LogP contribution < -0.4 is 0 Å². The van der Waals surface area contributed by atoms with E-state index in [1.165, 1.54) is 77.0 Å². The molecule has 0 aromatic heterocycles. The first-order valence-electron chi connectivity index (χ1n) is 9.28. The monoisotopic (exact) mass is 312 g/mol. The number of carbonyl (C=O) groups is 1. The maximum atomic E-state index is 10.1. The van der Waals surface area contributed by atoms with Crippen LogP contribution in [0.5, 0.6) is 0 Å². The van der Waals surface area contributed by atoms with Crippen LogP contribution >= 0.6 is 0 Å². The molecular formula is C19H36O3. The first kappa shape index (κ1) is 21.0. The van der Waals surface area contributed by atoms with Gasteiger partial charge in [-0.25, -0.2) is 4.79 Å². The number of unbranched alkanes of at least 4 members (excludes halogenated alkanes) is 12. The summed E-state index contributed by atoms with van der Waals surface area (Å²) >= 11 is 0. The zero-order valence-electron chi connectivity index (χ0n) is 14.5. The van der Waals surface area contributed by atoms with E-state index in [0.29, 0.717) is 6.61 Å². The molecule has 0 aromatic carbocycles. The molecule has 0 atom stereocenters. The zero-order chi connectivity index (χ0) is 16.3. The van der Waals surface area contributed by atoms with Gasteiger partial charge < -0.3 is 9.84 Å². The van der Waals surface area contributed by atoms with Crippen molar-refractivity contribution in [2.24, 2.45) is 0 Å². The largest absolute Gasteiger partial charge is 0.505 e. The van der Waals surface area contributed by atoms with Crippen LogP contribution in [0.25, 0.3) is 0 Å². The molecule has 0 bridgehead atoms. The molecule has 0 radical (unpaired) electrons. The van der Waals surface area contributed by atoms with Gasteiger partial charge in [0.1, 0.15) is 0 Å². The lowest BCUT2D eigenvalue weighted by Gasteiger charge is -2.01. The second kappa shape index (κ2) is 18.1. The van der Waals surface area contributed by atoms with Gasteiger partial charge in [-0.2, -0.15) is 0 Å². The van der Waals surface area contributed by atoms with Gasteiger partial charge >= 0.3 is 6.16 Å².